The SMILES string of the molecule is Cn1c(CO)cnc1Sc1ncc(C(F)(F)F)cc1Cl. The Morgan fingerprint density at radius 1 is 1.35 bits per heavy atom. The Kier molecular flexibility index (Phi) is 4.26. The van der Waals surface area contributed by atoms with E-state index in [1.807, 2.05) is 0 Å². The second kappa shape index (κ2) is 5.63. The molecule has 1 N–H and O–H groups in total. The molecule has 2 rings (SSSR count). The molecule has 20 heavy (non-hydrogen) atoms. The Hall–Kier alpha value is -1.25. The van der Waals surface area contributed by atoms with Crippen LogP contribution in [0.4, 0.5) is 13.2 Å². The lowest BCUT2D eigenvalue weighted by Crippen LogP contribution is -2.05. The maximum absolute atomic E-state index is 12.5. The highest BCUT2D eigenvalue weighted by Crippen LogP contribution is 2.35. The lowest BCUT2D eigenvalue weighted by Gasteiger charge is -2.09. The molecule has 2 heterocycles. The van der Waals surface area contributed by atoms with Crippen molar-refractivity contribution >= 4 is 23.4 Å². The van der Waals surface area contributed by atoms with E-state index in [0.29, 0.717) is 10.9 Å². The molecule has 0 aromatic carbocycles. The molecule has 0 saturated carbocycles. The molecule has 0 radical (unpaired) electrons. The quantitative estimate of drug-likeness (QED) is 0.943. The van der Waals surface area contributed by atoms with E-state index in [4.69, 9.17) is 16.7 Å². The smallest absolute Gasteiger partial charge is 0.390 e. The molecule has 2 aromatic rings. The first-order chi connectivity index (χ1) is 9.32. The zero-order valence-corrected chi connectivity index (χ0v) is 11.7. The van der Waals surface area contributed by atoms with Crippen LogP contribution in [0.25, 0.3) is 0 Å². The summed E-state index contributed by atoms with van der Waals surface area (Å²) in [5.74, 6) is 0. The zero-order chi connectivity index (χ0) is 14.9. The van der Waals surface area contributed by atoms with Gasteiger partial charge in [-0.2, -0.15) is 13.2 Å². The molecule has 0 aliphatic heterocycles. The predicted octanol–water partition coefficient (Wildman–Crippen LogP) is 3.13. The summed E-state index contributed by atoms with van der Waals surface area (Å²) in [5.41, 5.74) is -0.321. The Balaban J connectivity index is 2.28. The lowest BCUT2D eigenvalue weighted by molar-refractivity contribution is -0.137. The highest BCUT2D eigenvalue weighted by Gasteiger charge is 2.31. The molecule has 9 heteroatoms. The fraction of sp³-hybridized carbons (Fsp3) is 0.273. The number of imidazole rings is 1. The van der Waals surface area contributed by atoms with E-state index < -0.39 is 11.7 Å². The number of hydrogen-bond donors (Lipinski definition) is 1. The lowest BCUT2D eigenvalue weighted by atomic mass is 10.3. The van der Waals surface area contributed by atoms with E-state index >= 15 is 0 Å². The number of alkyl halides is 3. The van der Waals surface area contributed by atoms with Crippen molar-refractivity contribution in [3.8, 4) is 0 Å². The molecule has 0 aliphatic carbocycles. The third kappa shape index (κ3) is 3.08. The average molecular weight is 324 g/mol. The number of halogens is 4. The van der Waals surface area contributed by atoms with Crippen LogP contribution in [0.15, 0.2) is 28.6 Å². The minimum absolute atomic E-state index is 0.0987. The predicted molar refractivity (Wildman–Crippen MR) is 67.5 cm³/mol. The highest BCUT2D eigenvalue weighted by atomic mass is 35.5. The van der Waals surface area contributed by atoms with Gasteiger partial charge in [0, 0.05) is 13.2 Å². The largest absolute Gasteiger partial charge is 0.417 e. The van der Waals surface area contributed by atoms with Gasteiger partial charge in [0.15, 0.2) is 5.16 Å². The fourth-order valence-electron chi connectivity index (χ4n) is 1.41. The Bertz CT molecular complexity index is 630. The Morgan fingerprint density at radius 2 is 2.05 bits per heavy atom. The number of pyridine rings is 1. The van der Waals surface area contributed by atoms with Crippen LogP contribution in [0.2, 0.25) is 5.02 Å². The summed E-state index contributed by atoms with van der Waals surface area (Å²) >= 11 is 6.84. The molecule has 108 valence electrons. The first kappa shape index (κ1) is 15.1. The standard InChI is InChI=1S/C11H9ClF3N3OS/c1-18-7(5-19)4-17-10(18)20-9-8(12)2-6(3-16-9)11(13,14)15/h2-4,19H,5H2,1H3. The summed E-state index contributed by atoms with van der Waals surface area (Å²) in [7, 11) is 1.68. The fourth-order valence-corrected chi connectivity index (χ4v) is 2.49. The molecule has 0 bridgehead atoms. The Labute approximate surface area is 121 Å². The van der Waals surface area contributed by atoms with Crippen LogP contribution < -0.4 is 0 Å². The van der Waals surface area contributed by atoms with Crippen LogP contribution in [-0.2, 0) is 19.8 Å². The van der Waals surface area contributed by atoms with Gasteiger partial charge in [-0.1, -0.05) is 11.6 Å². The molecule has 4 nitrogen and oxygen atoms in total. The van der Waals surface area contributed by atoms with Gasteiger partial charge in [0.25, 0.3) is 0 Å². The normalized spacial score (nSPS) is 11.9. The van der Waals surface area contributed by atoms with Crippen molar-refractivity contribution in [2.45, 2.75) is 23.0 Å². The van der Waals surface area contributed by atoms with Crippen molar-refractivity contribution in [2.75, 3.05) is 0 Å². The second-order valence-electron chi connectivity index (χ2n) is 3.86. The first-order valence-corrected chi connectivity index (χ1v) is 6.54. The highest BCUT2D eigenvalue weighted by molar-refractivity contribution is 7.99. The summed E-state index contributed by atoms with van der Waals surface area (Å²) in [5, 5.41) is 9.64. The third-order valence-corrected chi connectivity index (χ3v) is 4.01. The van der Waals surface area contributed by atoms with Crippen molar-refractivity contribution in [1.29, 1.82) is 0 Å². The van der Waals surface area contributed by atoms with Crippen molar-refractivity contribution in [2.24, 2.45) is 7.05 Å². The monoisotopic (exact) mass is 323 g/mol. The molecule has 0 amide bonds. The van der Waals surface area contributed by atoms with Crippen molar-refractivity contribution in [3.05, 3.63) is 34.7 Å². The van der Waals surface area contributed by atoms with E-state index in [2.05, 4.69) is 9.97 Å². The number of aromatic nitrogens is 3. The van der Waals surface area contributed by atoms with Gasteiger partial charge >= 0.3 is 6.18 Å². The maximum Gasteiger partial charge on any atom is 0.417 e. The molecule has 0 atom stereocenters. The zero-order valence-electron chi connectivity index (χ0n) is 10.1. The molecule has 0 saturated heterocycles. The number of hydrogen-bond acceptors (Lipinski definition) is 4. The maximum atomic E-state index is 12.5. The van der Waals surface area contributed by atoms with Crippen LogP contribution in [0.1, 0.15) is 11.3 Å². The second-order valence-corrected chi connectivity index (χ2v) is 5.22. The van der Waals surface area contributed by atoms with E-state index in [9.17, 15) is 13.2 Å². The van der Waals surface area contributed by atoms with E-state index in [1.54, 1.807) is 11.6 Å². The number of rotatable bonds is 3. The van der Waals surface area contributed by atoms with Gasteiger partial charge in [0.05, 0.1) is 29.1 Å². The summed E-state index contributed by atoms with van der Waals surface area (Å²) < 4.78 is 39.1. The summed E-state index contributed by atoms with van der Waals surface area (Å²) in [4.78, 5) is 7.75. The van der Waals surface area contributed by atoms with E-state index in [-0.39, 0.29) is 16.7 Å². The van der Waals surface area contributed by atoms with Crippen LogP contribution in [0.3, 0.4) is 0 Å². The van der Waals surface area contributed by atoms with Crippen molar-refractivity contribution in [1.82, 2.24) is 14.5 Å². The first-order valence-electron chi connectivity index (χ1n) is 5.35. The van der Waals surface area contributed by atoms with Gasteiger partial charge < -0.3 is 9.67 Å². The average Bonchev–Trinajstić information content (AvgIpc) is 2.71. The van der Waals surface area contributed by atoms with E-state index in [0.717, 1.165) is 24.0 Å². The molecular weight excluding hydrogens is 315 g/mol. The minimum atomic E-state index is -4.48. The van der Waals surface area contributed by atoms with Gasteiger partial charge in [-0.3, -0.25) is 0 Å². The Morgan fingerprint density at radius 3 is 2.55 bits per heavy atom. The molecule has 0 spiro atoms. The number of aliphatic hydroxyl groups is 1. The van der Waals surface area contributed by atoms with Crippen molar-refractivity contribution < 1.29 is 18.3 Å². The van der Waals surface area contributed by atoms with Crippen LogP contribution >= 0.6 is 23.4 Å². The third-order valence-electron chi connectivity index (χ3n) is 2.53. The molecule has 0 fully saturated rings. The van der Waals surface area contributed by atoms with Gasteiger partial charge in [-0.05, 0) is 17.8 Å². The number of aliphatic hydroxyl groups excluding tert-OH is 1. The van der Waals surface area contributed by atoms with Gasteiger partial charge in [-0.15, -0.1) is 0 Å². The van der Waals surface area contributed by atoms with Gasteiger partial charge in [0.2, 0.25) is 0 Å². The van der Waals surface area contributed by atoms with Crippen molar-refractivity contribution in [3.63, 3.8) is 0 Å². The summed E-state index contributed by atoms with van der Waals surface area (Å²) in [6, 6.07) is 0.826. The topological polar surface area (TPSA) is 50.9 Å². The van der Waals surface area contributed by atoms with Gasteiger partial charge in [0.1, 0.15) is 5.03 Å². The van der Waals surface area contributed by atoms with Crippen LogP contribution in [-0.4, -0.2) is 19.6 Å². The van der Waals surface area contributed by atoms with Gasteiger partial charge in [-0.25, -0.2) is 9.97 Å². The van der Waals surface area contributed by atoms with Crippen LogP contribution in [0.5, 0.6) is 0 Å². The molecule has 0 aliphatic rings. The number of nitrogens with zero attached hydrogens (tertiary/aromatic N) is 3. The van der Waals surface area contributed by atoms with E-state index in [1.165, 1.54) is 6.20 Å². The summed E-state index contributed by atoms with van der Waals surface area (Å²) in [6.45, 7) is -0.182. The molecule has 0 unspecified atom stereocenters. The molecule has 2 aromatic heterocycles. The van der Waals surface area contributed by atoms with Crippen LogP contribution in [0, 0.1) is 0 Å². The minimum Gasteiger partial charge on any atom is -0.390 e. The molecular formula is C11H9ClF3N3OS. The summed E-state index contributed by atoms with van der Waals surface area (Å²) in [6.07, 6.45) is -2.28.